The summed E-state index contributed by atoms with van der Waals surface area (Å²) >= 11 is 12.6. The minimum absolute atomic E-state index is 0.139. The first-order chi connectivity index (χ1) is 19.8. The molecule has 1 aliphatic heterocycles. The van der Waals surface area contributed by atoms with Crippen LogP contribution >= 0.6 is 23.2 Å². The zero-order chi connectivity index (χ0) is 29.4. The summed E-state index contributed by atoms with van der Waals surface area (Å²) in [4.78, 5) is 30.0. The van der Waals surface area contributed by atoms with Crippen LogP contribution in [0.4, 0.5) is 5.69 Å². The number of unbranched alkanes of at least 4 members (excludes halogenated alkanes) is 1. The summed E-state index contributed by atoms with van der Waals surface area (Å²) in [5.74, 6) is -0.00317. The van der Waals surface area contributed by atoms with Crippen molar-refractivity contribution in [1.29, 1.82) is 0 Å². The molecule has 7 nitrogen and oxygen atoms in total. The number of piperazine rings is 1. The standard InChI is InChI=1S/C32H39Cl2N3O4/c1-4-24(5-2)23(3)32(39)41-22-37-29-21-26(13-11-25(29)12-14-30(37)38)40-20-7-6-15-35-16-18-36(19-17-35)28-10-8-9-27(33)31(28)34/h4,8-14,21,23H,5-7,15-20,22H2,1-3H3/b24-4+. The number of hydrogen-bond donors (Lipinski definition) is 0. The molecular formula is C32H39Cl2N3O4. The Morgan fingerprint density at radius 2 is 1.80 bits per heavy atom. The minimum atomic E-state index is -0.347. The number of hydrogen-bond acceptors (Lipinski definition) is 6. The quantitative estimate of drug-likeness (QED) is 0.130. The van der Waals surface area contributed by atoms with E-state index in [-0.39, 0.29) is 24.2 Å². The van der Waals surface area contributed by atoms with Crippen molar-refractivity contribution in [2.45, 2.75) is 46.8 Å². The molecule has 1 unspecified atom stereocenters. The smallest absolute Gasteiger partial charge is 0.314 e. The number of aromatic nitrogens is 1. The van der Waals surface area contributed by atoms with Crippen molar-refractivity contribution < 1.29 is 14.3 Å². The number of anilines is 1. The van der Waals surface area contributed by atoms with E-state index in [1.807, 2.05) is 63.2 Å². The van der Waals surface area contributed by atoms with Gasteiger partial charge in [-0.3, -0.25) is 19.1 Å². The summed E-state index contributed by atoms with van der Waals surface area (Å²) in [6.45, 7) is 11.0. The predicted molar refractivity (Wildman–Crippen MR) is 167 cm³/mol. The minimum Gasteiger partial charge on any atom is -0.494 e. The molecule has 1 atom stereocenters. The average molecular weight is 601 g/mol. The SMILES string of the molecule is C/C=C(\CC)C(C)C(=O)OCn1c(=O)ccc2ccc(OCCCCN3CCN(c4cccc(Cl)c4Cl)CC3)cc21. The molecule has 1 aliphatic rings. The zero-order valence-corrected chi connectivity index (χ0v) is 25.6. The van der Waals surface area contributed by atoms with Gasteiger partial charge >= 0.3 is 5.97 Å². The van der Waals surface area contributed by atoms with Crippen molar-refractivity contribution in [3.8, 4) is 5.75 Å². The van der Waals surface area contributed by atoms with Crippen LogP contribution in [0.2, 0.25) is 10.0 Å². The molecule has 220 valence electrons. The fourth-order valence-corrected chi connectivity index (χ4v) is 5.65. The first-order valence-corrected chi connectivity index (χ1v) is 15.1. The monoisotopic (exact) mass is 599 g/mol. The number of carbonyl (C=O) groups is 1. The molecule has 1 aromatic heterocycles. The average Bonchev–Trinajstić information content (AvgIpc) is 2.98. The zero-order valence-electron chi connectivity index (χ0n) is 24.1. The highest BCUT2D eigenvalue weighted by molar-refractivity contribution is 6.43. The molecule has 0 amide bonds. The summed E-state index contributed by atoms with van der Waals surface area (Å²) in [5, 5.41) is 2.09. The maximum atomic E-state index is 12.7. The lowest BCUT2D eigenvalue weighted by Crippen LogP contribution is -2.46. The molecule has 0 bridgehead atoms. The Kier molecular flexibility index (Phi) is 11.1. The van der Waals surface area contributed by atoms with Crippen LogP contribution in [0.5, 0.6) is 5.75 Å². The largest absolute Gasteiger partial charge is 0.494 e. The molecule has 4 rings (SSSR count). The van der Waals surface area contributed by atoms with E-state index in [4.69, 9.17) is 32.7 Å². The molecule has 0 spiro atoms. The van der Waals surface area contributed by atoms with Gasteiger partial charge in [-0.1, -0.05) is 47.8 Å². The van der Waals surface area contributed by atoms with Crippen LogP contribution in [0.1, 0.15) is 40.0 Å². The summed E-state index contributed by atoms with van der Waals surface area (Å²) < 4.78 is 13.1. The van der Waals surface area contributed by atoms with Gasteiger partial charge in [0.2, 0.25) is 0 Å². The van der Waals surface area contributed by atoms with Gasteiger partial charge in [0, 0.05) is 38.3 Å². The van der Waals surface area contributed by atoms with Gasteiger partial charge in [-0.05, 0) is 75.4 Å². The Morgan fingerprint density at radius 3 is 2.54 bits per heavy atom. The van der Waals surface area contributed by atoms with Gasteiger partial charge in [0.1, 0.15) is 5.75 Å². The molecule has 1 saturated heterocycles. The normalized spacial score (nSPS) is 15.2. The number of esters is 1. The van der Waals surface area contributed by atoms with E-state index in [0.29, 0.717) is 27.9 Å². The lowest BCUT2D eigenvalue weighted by molar-refractivity contribution is -0.150. The maximum absolute atomic E-state index is 12.7. The Hall–Kier alpha value is -3.00. The lowest BCUT2D eigenvalue weighted by atomic mass is 9.99. The number of halogens is 2. The van der Waals surface area contributed by atoms with Gasteiger partial charge in [-0.2, -0.15) is 0 Å². The summed E-state index contributed by atoms with van der Waals surface area (Å²) in [6, 6.07) is 14.7. The highest BCUT2D eigenvalue weighted by atomic mass is 35.5. The number of pyridine rings is 1. The second-order valence-corrected chi connectivity index (χ2v) is 11.1. The fourth-order valence-electron chi connectivity index (χ4n) is 5.23. The van der Waals surface area contributed by atoms with E-state index in [2.05, 4.69) is 9.80 Å². The molecule has 41 heavy (non-hydrogen) atoms. The third-order valence-corrected chi connectivity index (χ3v) is 8.58. The van der Waals surface area contributed by atoms with E-state index in [1.165, 1.54) is 10.6 Å². The maximum Gasteiger partial charge on any atom is 0.314 e. The topological polar surface area (TPSA) is 64.0 Å². The second-order valence-electron chi connectivity index (χ2n) is 10.3. The number of benzene rings is 2. The van der Waals surface area contributed by atoms with Gasteiger partial charge in [0.05, 0.1) is 33.8 Å². The number of carbonyl (C=O) groups excluding carboxylic acids is 1. The van der Waals surface area contributed by atoms with Crippen LogP contribution in [0.15, 0.2) is 65.0 Å². The third-order valence-electron chi connectivity index (χ3n) is 7.77. The van der Waals surface area contributed by atoms with Crippen molar-refractivity contribution >= 4 is 45.8 Å². The number of allylic oxidation sites excluding steroid dienone is 1. The van der Waals surface area contributed by atoms with E-state index < -0.39 is 0 Å². The van der Waals surface area contributed by atoms with Gasteiger partial charge in [0.15, 0.2) is 6.73 Å². The molecule has 0 N–H and O–H groups in total. The third kappa shape index (κ3) is 7.85. The molecule has 9 heteroatoms. The molecule has 0 radical (unpaired) electrons. The van der Waals surface area contributed by atoms with Crippen LogP contribution < -0.4 is 15.2 Å². The number of ether oxygens (including phenoxy) is 2. The molecule has 0 aliphatic carbocycles. The number of fused-ring (bicyclic) bond motifs is 1. The Morgan fingerprint density at radius 1 is 1.05 bits per heavy atom. The molecular weight excluding hydrogens is 561 g/mol. The van der Waals surface area contributed by atoms with E-state index in [1.54, 1.807) is 6.07 Å². The number of rotatable bonds is 12. The van der Waals surface area contributed by atoms with E-state index in [9.17, 15) is 9.59 Å². The Balaban J connectivity index is 1.26. The van der Waals surface area contributed by atoms with Crippen LogP contribution in [-0.2, 0) is 16.3 Å². The van der Waals surface area contributed by atoms with Crippen molar-refractivity contribution in [2.24, 2.45) is 5.92 Å². The van der Waals surface area contributed by atoms with Crippen molar-refractivity contribution in [2.75, 3.05) is 44.2 Å². The van der Waals surface area contributed by atoms with Gasteiger partial charge in [-0.15, -0.1) is 0 Å². The first kappa shape index (κ1) is 30.9. The van der Waals surface area contributed by atoms with Gasteiger partial charge in [-0.25, -0.2) is 0 Å². The van der Waals surface area contributed by atoms with Crippen molar-refractivity contribution in [1.82, 2.24) is 9.47 Å². The van der Waals surface area contributed by atoms with Crippen molar-refractivity contribution in [3.63, 3.8) is 0 Å². The fraction of sp³-hybridized carbons (Fsp3) is 0.438. The van der Waals surface area contributed by atoms with E-state index in [0.717, 1.165) is 68.6 Å². The first-order valence-electron chi connectivity index (χ1n) is 14.3. The molecule has 2 aromatic carbocycles. The van der Waals surface area contributed by atoms with Crippen molar-refractivity contribution in [3.05, 3.63) is 80.6 Å². The van der Waals surface area contributed by atoms with Crippen LogP contribution in [0.25, 0.3) is 10.9 Å². The molecule has 0 saturated carbocycles. The highest BCUT2D eigenvalue weighted by Crippen LogP contribution is 2.33. The number of nitrogens with zero attached hydrogens (tertiary/aromatic N) is 3. The summed E-state index contributed by atoms with van der Waals surface area (Å²) in [7, 11) is 0. The van der Waals surface area contributed by atoms with Crippen LogP contribution in [0, 0.1) is 5.92 Å². The lowest BCUT2D eigenvalue weighted by Gasteiger charge is -2.36. The molecule has 1 fully saturated rings. The summed E-state index contributed by atoms with van der Waals surface area (Å²) in [6.07, 6.45) is 4.66. The highest BCUT2D eigenvalue weighted by Gasteiger charge is 2.20. The second kappa shape index (κ2) is 14.8. The van der Waals surface area contributed by atoms with E-state index >= 15 is 0 Å². The van der Waals surface area contributed by atoms with Gasteiger partial charge in [0.25, 0.3) is 5.56 Å². The van der Waals surface area contributed by atoms with Crippen LogP contribution in [0.3, 0.4) is 0 Å². The van der Waals surface area contributed by atoms with Crippen LogP contribution in [-0.4, -0.2) is 54.8 Å². The Labute approximate surface area is 252 Å². The summed E-state index contributed by atoms with van der Waals surface area (Å²) in [5.41, 5.74) is 2.46. The predicted octanol–water partition coefficient (Wildman–Crippen LogP) is 6.78. The van der Waals surface area contributed by atoms with Gasteiger partial charge < -0.3 is 14.4 Å². The Bertz CT molecular complexity index is 1430. The molecule has 2 heterocycles. The molecule has 3 aromatic rings.